The summed E-state index contributed by atoms with van der Waals surface area (Å²) in [5, 5.41) is 34.2. The summed E-state index contributed by atoms with van der Waals surface area (Å²) in [5.74, 6) is 0. The number of carbonyl (C=O) groups excluding carboxylic acids is 1. The van der Waals surface area contributed by atoms with Crippen LogP contribution in [0.4, 0.5) is 4.79 Å². The average Bonchev–Trinajstić information content (AvgIpc) is 2.11. The SMILES string of the molecule is O=C[C@@H](OC(=O)O)[C@H](O)[C@H](O)CO.[Cr]. The van der Waals surface area contributed by atoms with Gasteiger partial charge >= 0.3 is 6.16 Å². The molecule has 0 aliphatic rings. The fourth-order valence-corrected chi connectivity index (χ4v) is 0.621. The van der Waals surface area contributed by atoms with E-state index in [-0.39, 0.29) is 23.6 Å². The van der Waals surface area contributed by atoms with Crippen molar-refractivity contribution in [2.75, 3.05) is 6.61 Å². The van der Waals surface area contributed by atoms with E-state index >= 15 is 0 Å². The Hall–Kier alpha value is -0.648. The van der Waals surface area contributed by atoms with Crippen LogP contribution in [0.15, 0.2) is 0 Å². The summed E-state index contributed by atoms with van der Waals surface area (Å²) in [7, 11) is 0. The van der Waals surface area contributed by atoms with Gasteiger partial charge in [0.15, 0.2) is 12.4 Å². The molecule has 3 atom stereocenters. The van der Waals surface area contributed by atoms with Gasteiger partial charge < -0.3 is 25.2 Å². The maximum atomic E-state index is 10.2. The van der Waals surface area contributed by atoms with Crippen LogP contribution < -0.4 is 0 Å². The number of hydrogen-bond acceptors (Lipinski definition) is 6. The van der Waals surface area contributed by atoms with Crippen molar-refractivity contribution in [2.24, 2.45) is 0 Å². The smallest absolute Gasteiger partial charge is 0.450 e. The zero-order valence-corrected chi connectivity index (χ0v) is 8.21. The molecule has 0 fully saturated rings. The first-order chi connectivity index (χ1) is 6.02. The first-order valence-corrected chi connectivity index (χ1v) is 3.34. The molecule has 0 bridgehead atoms. The normalized spacial score (nSPS) is 15.9. The van der Waals surface area contributed by atoms with E-state index < -0.39 is 31.1 Å². The molecule has 0 saturated carbocycles. The first-order valence-electron chi connectivity index (χ1n) is 3.34. The zero-order valence-electron chi connectivity index (χ0n) is 6.94. The van der Waals surface area contributed by atoms with E-state index in [0.717, 1.165) is 0 Å². The summed E-state index contributed by atoms with van der Waals surface area (Å²) in [6, 6.07) is 0. The van der Waals surface area contributed by atoms with Gasteiger partial charge in [0.2, 0.25) is 0 Å². The van der Waals surface area contributed by atoms with Crippen LogP contribution in [0.1, 0.15) is 0 Å². The van der Waals surface area contributed by atoms with E-state index in [0.29, 0.717) is 0 Å². The molecule has 0 rings (SSSR count). The molecule has 0 heterocycles. The summed E-state index contributed by atoms with van der Waals surface area (Å²) < 4.78 is 3.91. The van der Waals surface area contributed by atoms with Crippen molar-refractivity contribution in [3.8, 4) is 0 Å². The number of aliphatic hydroxyl groups excluding tert-OH is 3. The maximum Gasteiger partial charge on any atom is 0.506 e. The molecule has 14 heavy (non-hydrogen) atoms. The van der Waals surface area contributed by atoms with Crippen molar-refractivity contribution in [1.29, 1.82) is 0 Å². The molecule has 0 aliphatic carbocycles. The fourth-order valence-electron chi connectivity index (χ4n) is 0.621. The Morgan fingerprint density at radius 3 is 2.21 bits per heavy atom. The average molecular weight is 246 g/mol. The molecular formula is C6H10CrO7. The Morgan fingerprint density at radius 1 is 1.43 bits per heavy atom. The van der Waals surface area contributed by atoms with Crippen molar-refractivity contribution in [3.05, 3.63) is 0 Å². The number of aliphatic hydroxyl groups is 3. The molecule has 0 saturated heterocycles. The molecule has 0 radical (unpaired) electrons. The van der Waals surface area contributed by atoms with Crippen LogP contribution in [0, 0.1) is 0 Å². The van der Waals surface area contributed by atoms with Crippen LogP contribution in [0.25, 0.3) is 0 Å². The Bertz CT molecular complexity index is 185. The predicted octanol–water partition coefficient (Wildman–Crippen LogP) is -2.04. The van der Waals surface area contributed by atoms with E-state index in [1.807, 2.05) is 0 Å². The van der Waals surface area contributed by atoms with E-state index in [1.54, 1.807) is 0 Å². The summed E-state index contributed by atoms with van der Waals surface area (Å²) >= 11 is 0. The van der Waals surface area contributed by atoms with Gasteiger partial charge in [-0.05, 0) is 0 Å². The number of carboxylic acid groups (broad SMARTS) is 1. The summed E-state index contributed by atoms with van der Waals surface area (Å²) in [5.41, 5.74) is 0. The quantitative estimate of drug-likeness (QED) is 0.325. The van der Waals surface area contributed by atoms with E-state index in [1.165, 1.54) is 0 Å². The van der Waals surface area contributed by atoms with Gasteiger partial charge in [0.1, 0.15) is 12.2 Å². The molecule has 0 spiro atoms. The monoisotopic (exact) mass is 246 g/mol. The zero-order chi connectivity index (χ0) is 10.4. The van der Waals surface area contributed by atoms with Gasteiger partial charge in [0.25, 0.3) is 0 Å². The Balaban J connectivity index is 0. The second kappa shape index (κ2) is 7.73. The first kappa shape index (κ1) is 15.8. The summed E-state index contributed by atoms with van der Waals surface area (Å²) in [4.78, 5) is 20.1. The second-order valence-corrected chi connectivity index (χ2v) is 2.22. The minimum absolute atomic E-state index is 0. The minimum atomic E-state index is -1.77. The van der Waals surface area contributed by atoms with Crippen LogP contribution in [0.3, 0.4) is 0 Å². The van der Waals surface area contributed by atoms with Crippen LogP contribution in [0.5, 0.6) is 0 Å². The summed E-state index contributed by atoms with van der Waals surface area (Å²) in [6.45, 7) is -0.797. The molecule has 0 aliphatic heterocycles. The number of rotatable bonds is 5. The van der Waals surface area contributed by atoms with E-state index in [4.69, 9.17) is 20.4 Å². The third-order valence-corrected chi connectivity index (χ3v) is 1.29. The van der Waals surface area contributed by atoms with Crippen LogP contribution in [-0.2, 0) is 26.9 Å². The molecule has 8 heteroatoms. The van der Waals surface area contributed by atoms with E-state index in [9.17, 15) is 9.59 Å². The Kier molecular flexibility index (Phi) is 8.73. The van der Waals surface area contributed by atoms with Crippen molar-refractivity contribution in [3.63, 3.8) is 0 Å². The fraction of sp³-hybridized carbons (Fsp3) is 0.667. The number of ether oxygens (including phenoxy) is 1. The van der Waals surface area contributed by atoms with Gasteiger partial charge in [-0.1, -0.05) is 0 Å². The van der Waals surface area contributed by atoms with Crippen molar-refractivity contribution in [1.82, 2.24) is 0 Å². The molecule has 82 valence electrons. The maximum absolute atomic E-state index is 10.2. The third-order valence-electron chi connectivity index (χ3n) is 1.29. The topological polar surface area (TPSA) is 124 Å². The van der Waals surface area contributed by atoms with E-state index in [2.05, 4.69) is 4.74 Å². The molecule has 4 N–H and O–H groups in total. The molecule has 0 aromatic carbocycles. The number of hydrogen-bond donors (Lipinski definition) is 4. The van der Waals surface area contributed by atoms with Gasteiger partial charge in [-0.25, -0.2) is 4.79 Å². The van der Waals surface area contributed by atoms with Gasteiger partial charge in [-0.3, -0.25) is 4.79 Å². The Morgan fingerprint density at radius 2 is 1.93 bits per heavy atom. The largest absolute Gasteiger partial charge is 0.506 e. The number of aldehydes is 1. The Labute approximate surface area is 90.1 Å². The van der Waals surface area contributed by atoms with Gasteiger partial charge in [0.05, 0.1) is 6.61 Å². The van der Waals surface area contributed by atoms with Crippen molar-refractivity contribution in [2.45, 2.75) is 18.3 Å². The van der Waals surface area contributed by atoms with Crippen molar-refractivity contribution < 1.29 is 52.1 Å². The molecule has 0 unspecified atom stereocenters. The molecule has 0 aromatic heterocycles. The minimum Gasteiger partial charge on any atom is -0.450 e. The standard InChI is InChI=1S/C6H10O7.Cr/c7-1-3(9)5(10)4(2-8)13-6(11)12;/h2-5,7,9-10H,1H2,(H,11,12);/t3-,4-,5-;/m1./s1. The molecular weight excluding hydrogens is 236 g/mol. The number of carbonyl (C=O) groups is 2. The van der Waals surface area contributed by atoms with Gasteiger partial charge in [-0.2, -0.15) is 0 Å². The van der Waals surface area contributed by atoms with Gasteiger partial charge in [0, 0.05) is 17.4 Å². The van der Waals surface area contributed by atoms with Crippen LogP contribution in [0.2, 0.25) is 0 Å². The summed E-state index contributed by atoms with van der Waals surface area (Å²) in [6.07, 6.45) is -6.80. The predicted molar refractivity (Wildman–Crippen MR) is 38.1 cm³/mol. The molecule has 0 amide bonds. The molecule has 7 nitrogen and oxygen atoms in total. The van der Waals surface area contributed by atoms with Crippen LogP contribution >= 0.6 is 0 Å². The second-order valence-electron chi connectivity index (χ2n) is 2.22. The van der Waals surface area contributed by atoms with Crippen molar-refractivity contribution >= 4 is 12.4 Å². The molecule has 0 aromatic rings. The van der Waals surface area contributed by atoms with Crippen LogP contribution in [-0.4, -0.2) is 57.8 Å². The third kappa shape index (κ3) is 5.16. The van der Waals surface area contributed by atoms with Gasteiger partial charge in [-0.15, -0.1) is 0 Å².